The molecule has 2 fully saturated rings. The van der Waals surface area contributed by atoms with Crippen LogP contribution in [-0.4, -0.2) is 18.2 Å². The zero-order valence-corrected chi connectivity index (χ0v) is 8.42. The Morgan fingerprint density at radius 2 is 2.12 bits per heavy atom. The zero-order chi connectivity index (χ0) is 11.6. The standard InChI is InChI=1S/C11H8F2O3/c1-10-9(14)15-5-11(10,16-10)7-3-2-6(12)4-8(7)13/h2-4H,5H2,1H3/t10-,11-/m0/s1. The highest BCUT2D eigenvalue weighted by Crippen LogP contribution is 2.60. The first-order valence-electron chi connectivity index (χ1n) is 4.82. The molecule has 0 bridgehead atoms. The lowest BCUT2D eigenvalue weighted by molar-refractivity contribution is -0.148. The van der Waals surface area contributed by atoms with Crippen molar-refractivity contribution < 1.29 is 23.0 Å². The third-order valence-corrected chi connectivity index (χ3v) is 3.27. The lowest BCUT2D eigenvalue weighted by Gasteiger charge is -2.08. The number of benzene rings is 1. The second kappa shape index (κ2) is 2.60. The van der Waals surface area contributed by atoms with Crippen LogP contribution in [0.2, 0.25) is 0 Å². The van der Waals surface area contributed by atoms with E-state index in [0.29, 0.717) is 0 Å². The minimum atomic E-state index is -1.12. The number of esters is 1. The van der Waals surface area contributed by atoms with Gasteiger partial charge >= 0.3 is 5.97 Å². The normalized spacial score (nSPS) is 35.8. The van der Waals surface area contributed by atoms with Crippen molar-refractivity contribution >= 4 is 5.97 Å². The van der Waals surface area contributed by atoms with Gasteiger partial charge in [0.05, 0.1) is 0 Å². The van der Waals surface area contributed by atoms with E-state index in [2.05, 4.69) is 0 Å². The Morgan fingerprint density at radius 1 is 1.38 bits per heavy atom. The lowest BCUT2D eigenvalue weighted by Crippen LogP contribution is -2.23. The van der Waals surface area contributed by atoms with E-state index in [-0.39, 0.29) is 12.2 Å². The smallest absolute Gasteiger partial charge is 0.341 e. The van der Waals surface area contributed by atoms with Gasteiger partial charge in [-0.1, -0.05) is 6.07 Å². The molecule has 0 radical (unpaired) electrons. The van der Waals surface area contributed by atoms with E-state index >= 15 is 0 Å². The molecule has 2 aliphatic heterocycles. The van der Waals surface area contributed by atoms with Crippen LogP contribution in [0.25, 0.3) is 0 Å². The number of hydrogen-bond acceptors (Lipinski definition) is 3. The average molecular weight is 226 g/mol. The zero-order valence-electron chi connectivity index (χ0n) is 8.42. The quantitative estimate of drug-likeness (QED) is 0.538. The first-order chi connectivity index (χ1) is 7.49. The summed E-state index contributed by atoms with van der Waals surface area (Å²) in [4.78, 5) is 11.4. The van der Waals surface area contributed by atoms with Crippen molar-refractivity contribution in [3.8, 4) is 0 Å². The number of epoxide rings is 1. The molecule has 0 amide bonds. The fourth-order valence-corrected chi connectivity index (χ4v) is 2.21. The molecule has 2 aliphatic rings. The highest BCUT2D eigenvalue weighted by atomic mass is 19.1. The Hall–Kier alpha value is -1.49. The molecule has 5 heteroatoms. The molecular formula is C11H8F2O3. The largest absolute Gasteiger partial charge is 0.460 e. The summed E-state index contributed by atoms with van der Waals surface area (Å²) in [6.07, 6.45) is 0. The number of carbonyl (C=O) groups is 1. The molecule has 0 unspecified atom stereocenters. The average Bonchev–Trinajstić information content (AvgIpc) is 2.75. The molecule has 2 heterocycles. The molecule has 2 saturated heterocycles. The van der Waals surface area contributed by atoms with E-state index in [1.54, 1.807) is 6.92 Å². The molecule has 1 aromatic rings. The summed E-state index contributed by atoms with van der Waals surface area (Å²) in [5.41, 5.74) is -2.02. The van der Waals surface area contributed by atoms with Gasteiger partial charge in [-0.05, 0) is 13.0 Å². The van der Waals surface area contributed by atoms with E-state index < -0.39 is 28.8 Å². The summed E-state index contributed by atoms with van der Waals surface area (Å²) in [5, 5.41) is 0. The number of rotatable bonds is 1. The highest BCUT2D eigenvalue weighted by Gasteiger charge is 2.79. The van der Waals surface area contributed by atoms with Crippen molar-refractivity contribution in [1.29, 1.82) is 0 Å². The van der Waals surface area contributed by atoms with Crippen LogP contribution >= 0.6 is 0 Å². The van der Waals surface area contributed by atoms with E-state index in [4.69, 9.17) is 9.47 Å². The van der Waals surface area contributed by atoms with Gasteiger partial charge in [0.25, 0.3) is 0 Å². The molecule has 0 aliphatic carbocycles. The molecular weight excluding hydrogens is 218 g/mol. The van der Waals surface area contributed by atoms with Gasteiger partial charge in [-0.15, -0.1) is 0 Å². The summed E-state index contributed by atoms with van der Waals surface area (Å²) in [6, 6.07) is 3.20. The second-order valence-electron chi connectivity index (χ2n) is 4.16. The van der Waals surface area contributed by atoms with Crippen LogP contribution in [0.5, 0.6) is 0 Å². The molecule has 84 valence electrons. The maximum absolute atomic E-state index is 13.6. The fraction of sp³-hybridized carbons (Fsp3) is 0.364. The Labute approximate surface area is 90.0 Å². The summed E-state index contributed by atoms with van der Waals surface area (Å²) in [6.45, 7) is 1.52. The third kappa shape index (κ3) is 0.917. The summed E-state index contributed by atoms with van der Waals surface area (Å²) in [7, 11) is 0. The van der Waals surface area contributed by atoms with Crippen molar-refractivity contribution in [2.75, 3.05) is 6.61 Å². The van der Waals surface area contributed by atoms with E-state index in [0.717, 1.165) is 12.1 Å². The van der Waals surface area contributed by atoms with Gasteiger partial charge in [-0.25, -0.2) is 13.6 Å². The SMILES string of the molecule is C[C@@]12O[C@]1(c1ccc(F)cc1F)COC2=O. The Kier molecular flexibility index (Phi) is 1.58. The highest BCUT2D eigenvalue weighted by molar-refractivity contribution is 5.87. The Balaban J connectivity index is 2.10. The monoisotopic (exact) mass is 226 g/mol. The molecule has 2 atom stereocenters. The van der Waals surface area contributed by atoms with E-state index in [1.807, 2.05) is 0 Å². The van der Waals surface area contributed by atoms with Gasteiger partial charge in [0.2, 0.25) is 0 Å². The number of hydrogen-bond donors (Lipinski definition) is 0. The van der Waals surface area contributed by atoms with Crippen molar-refractivity contribution in [2.45, 2.75) is 18.1 Å². The van der Waals surface area contributed by atoms with Crippen LogP contribution in [0.3, 0.4) is 0 Å². The minimum Gasteiger partial charge on any atom is -0.460 e. The number of halogens is 2. The molecule has 3 rings (SSSR count). The van der Waals surface area contributed by atoms with Crippen LogP contribution in [0.15, 0.2) is 18.2 Å². The third-order valence-electron chi connectivity index (χ3n) is 3.27. The first-order valence-corrected chi connectivity index (χ1v) is 4.82. The molecule has 0 spiro atoms. The first kappa shape index (κ1) is 9.72. The van der Waals surface area contributed by atoms with E-state index in [1.165, 1.54) is 6.07 Å². The minimum absolute atomic E-state index is 0.0229. The second-order valence-corrected chi connectivity index (χ2v) is 4.16. The molecule has 1 aromatic carbocycles. The Morgan fingerprint density at radius 3 is 2.62 bits per heavy atom. The molecule has 0 saturated carbocycles. The molecule has 0 N–H and O–H groups in total. The van der Waals surface area contributed by atoms with Gasteiger partial charge in [-0.3, -0.25) is 0 Å². The van der Waals surface area contributed by atoms with Gasteiger partial charge in [0.1, 0.15) is 18.2 Å². The van der Waals surface area contributed by atoms with Crippen LogP contribution in [0.1, 0.15) is 12.5 Å². The fourth-order valence-electron chi connectivity index (χ4n) is 2.21. The lowest BCUT2D eigenvalue weighted by atomic mass is 9.89. The summed E-state index contributed by atoms with van der Waals surface area (Å²) >= 11 is 0. The van der Waals surface area contributed by atoms with Crippen molar-refractivity contribution in [2.24, 2.45) is 0 Å². The molecule has 3 nitrogen and oxygen atoms in total. The predicted octanol–water partition coefficient (Wildman–Crippen LogP) is 1.51. The maximum atomic E-state index is 13.6. The number of ether oxygens (including phenoxy) is 2. The summed E-state index contributed by atoms with van der Waals surface area (Å²) in [5.74, 6) is -1.89. The van der Waals surface area contributed by atoms with Gasteiger partial charge in [-0.2, -0.15) is 0 Å². The van der Waals surface area contributed by atoms with Crippen LogP contribution < -0.4 is 0 Å². The van der Waals surface area contributed by atoms with Crippen LogP contribution in [-0.2, 0) is 19.9 Å². The van der Waals surface area contributed by atoms with Crippen LogP contribution in [0.4, 0.5) is 8.78 Å². The van der Waals surface area contributed by atoms with Crippen molar-refractivity contribution in [1.82, 2.24) is 0 Å². The number of carbonyl (C=O) groups excluding carboxylic acids is 1. The van der Waals surface area contributed by atoms with Gasteiger partial charge < -0.3 is 9.47 Å². The Bertz CT molecular complexity index is 498. The van der Waals surface area contributed by atoms with Crippen LogP contribution in [0, 0.1) is 11.6 Å². The van der Waals surface area contributed by atoms with Gasteiger partial charge in [0.15, 0.2) is 11.2 Å². The van der Waals surface area contributed by atoms with E-state index in [9.17, 15) is 13.6 Å². The molecule has 16 heavy (non-hydrogen) atoms. The number of fused-ring (bicyclic) bond motifs is 1. The van der Waals surface area contributed by atoms with Crippen molar-refractivity contribution in [3.63, 3.8) is 0 Å². The van der Waals surface area contributed by atoms with Gasteiger partial charge in [0, 0.05) is 11.6 Å². The maximum Gasteiger partial charge on any atom is 0.341 e. The number of cyclic esters (lactones) is 1. The predicted molar refractivity (Wildman–Crippen MR) is 48.5 cm³/mol. The topological polar surface area (TPSA) is 38.8 Å². The van der Waals surface area contributed by atoms with Crippen molar-refractivity contribution in [3.05, 3.63) is 35.4 Å². The summed E-state index contributed by atoms with van der Waals surface area (Å²) < 4.78 is 36.5. The molecule has 0 aromatic heterocycles.